The van der Waals surface area contributed by atoms with Gasteiger partial charge in [-0.1, -0.05) is 11.6 Å². The molecule has 0 saturated carbocycles. The van der Waals surface area contributed by atoms with Gasteiger partial charge < -0.3 is 9.47 Å². The Hall–Kier alpha value is -3.99. The van der Waals surface area contributed by atoms with Crippen molar-refractivity contribution in [3.05, 3.63) is 67.8 Å². The zero-order chi connectivity index (χ0) is 27.7. The lowest BCUT2D eigenvalue weighted by molar-refractivity contribution is -0.144. The van der Waals surface area contributed by atoms with Gasteiger partial charge >= 0.3 is 11.9 Å². The molecule has 0 fully saturated rings. The molecule has 0 aliphatic carbocycles. The van der Waals surface area contributed by atoms with Gasteiger partial charge in [-0.3, -0.25) is 18.9 Å². The molecule has 0 atom stereocenters. The number of hydrogen-bond acceptors (Lipinski definition) is 9. The molecule has 0 radical (unpaired) electrons. The molecule has 3 heterocycles. The third-order valence-electron chi connectivity index (χ3n) is 4.28. The molecule has 3 aromatic rings. The Balaban J connectivity index is 2.01. The summed E-state index contributed by atoms with van der Waals surface area (Å²) in [4.78, 5) is 44.0. The number of aromatic nitrogens is 4. The minimum atomic E-state index is -5.04. The summed E-state index contributed by atoms with van der Waals surface area (Å²) >= 11 is 5.95. The van der Waals surface area contributed by atoms with E-state index in [1.165, 1.54) is 18.3 Å². The number of amides is 1. The number of pyridine rings is 2. The van der Waals surface area contributed by atoms with E-state index in [1.807, 2.05) is 0 Å². The summed E-state index contributed by atoms with van der Waals surface area (Å²) in [7, 11) is -3.13. The first kappa shape index (κ1) is 27.6. The largest absolute Gasteiger partial charge is 0.465 e. The number of sulfonamides is 1. The fourth-order valence-electron chi connectivity index (χ4n) is 2.80. The van der Waals surface area contributed by atoms with Gasteiger partial charge in [0.05, 0.1) is 6.26 Å². The van der Waals surface area contributed by atoms with Crippen LogP contribution in [-0.2, 0) is 28.0 Å². The number of nitrogens with one attached hydrogen (secondary N) is 1. The summed E-state index contributed by atoms with van der Waals surface area (Å²) in [5.41, 5.74) is -4.65. The van der Waals surface area contributed by atoms with Gasteiger partial charge in [-0.05, 0) is 12.1 Å². The number of hydrogen-bond donors (Lipinski definition) is 1. The monoisotopic (exact) mass is 567 g/mol. The zero-order valence-corrected chi connectivity index (χ0v) is 20.1. The summed E-state index contributed by atoms with van der Waals surface area (Å²) in [5.74, 6) is -4.65. The first-order valence-electron chi connectivity index (χ1n) is 9.61. The summed E-state index contributed by atoms with van der Waals surface area (Å²) in [5, 5.41) is -0.484. The van der Waals surface area contributed by atoms with Crippen LogP contribution in [0.5, 0.6) is 17.5 Å². The molecular weight excluding hydrogens is 554 g/mol. The molecule has 12 nitrogen and oxygen atoms in total. The number of ether oxygens (including phenoxy) is 2. The van der Waals surface area contributed by atoms with Gasteiger partial charge in [0.1, 0.15) is 10.7 Å². The summed E-state index contributed by atoms with van der Waals surface area (Å²) in [6, 6.07) is 3.26. The van der Waals surface area contributed by atoms with Gasteiger partial charge in [0.2, 0.25) is 15.9 Å². The highest BCUT2D eigenvalue weighted by Crippen LogP contribution is 2.34. The molecule has 0 bridgehead atoms. The summed E-state index contributed by atoms with van der Waals surface area (Å²) < 4.78 is 88.6. The second-order valence-corrected chi connectivity index (χ2v) is 9.27. The number of rotatable bonds is 7. The molecule has 0 unspecified atom stereocenters. The number of alkyl halides is 3. The second kappa shape index (κ2) is 10.2. The predicted octanol–water partition coefficient (Wildman–Crippen LogP) is 1.38. The standard InChI is InChI=1S/C19H14ClF4N5O7S/c1-28-12(19(22,23)24)7-14(31)29(18(28)32)15-10(21)6-9(20)16(26-15)36-11-4-3-5-25-17(11)35-8-13(30)27-37(2,33)34/h3-7H,8H2,1-2H3,(H,27,30). The third kappa shape index (κ3) is 6.42. The van der Waals surface area contributed by atoms with E-state index >= 15 is 0 Å². The van der Waals surface area contributed by atoms with E-state index in [2.05, 4.69) is 9.97 Å². The molecule has 1 N–H and O–H groups in total. The minimum absolute atomic E-state index is 0.0456. The Morgan fingerprint density at radius 3 is 2.51 bits per heavy atom. The molecule has 0 aromatic carbocycles. The number of carbonyl (C=O) groups excluding carboxylic acids is 1. The van der Waals surface area contributed by atoms with Crippen LogP contribution in [0.2, 0.25) is 5.02 Å². The van der Waals surface area contributed by atoms with Crippen LogP contribution in [-0.4, -0.2) is 46.3 Å². The van der Waals surface area contributed by atoms with Crippen molar-refractivity contribution in [2.75, 3.05) is 12.9 Å². The molecule has 0 aliphatic rings. The predicted molar refractivity (Wildman–Crippen MR) is 118 cm³/mol. The van der Waals surface area contributed by atoms with Gasteiger partial charge in [-0.15, -0.1) is 0 Å². The average Bonchev–Trinajstić information content (AvgIpc) is 2.76. The maximum absolute atomic E-state index is 14.6. The van der Waals surface area contributed by atoms with Crippen LogP contribution in [0.1, 0.15) is 5.69 Å². The van der Waals surface area contributed by atoms with Crippen LogP contribution in [0, 0.1) is 5.82 Å². The maximum atomic E-state index is 14.6. The number of nitrogens with zero attached hydrogens (tertiary/aromatic N) is 4. The lowest BCUT2D eigenvalue weighted by atomic mass is 10.3. The highest BCUT2D eigenvalue weighted by molar-refractivity contribution is 7.89. The Morgan fingerprint density at radius 2 is 1.89 bits per heavy atom. The van der Waals surface area contributed by atoms with Crippen molar-refractivity contribution in [3.63, 3.8) is 0 Å². The van der Waals surface area contributed by atoms with Gasteiger partial charge in [0, 0.05) is 25.4 Å². The van der Waals surface area contributed by atoms with Crippen molar-refractivity contribution in [2.45, 2.75) is 6.18 Å². The average molecular weight is 568 g/mol. The van der Waals surface area contributed by atoms with Crippen LogP contribution < -0.4 is 25.4 Å². The molecule has 0 spiro atoms. The lowest BCUT2D eigenvalue weighted by Crippen LogP contribution is -2.41. The molecule has 0 saturated heterocycles. The van der Waals surface area contributed by atoms with Crippen molar-refractivity contribution in [1.29, 1.82) is 0 Å². The van der Waals surface area contributed by atoms with E-state index in [-0.39, 0.29) is 26.8 Å². The Morgan fingerprint density at radius 1 is 1.22 bits per heavy atom. The summed E-state index contributed by atoms with van der Waals surface area (Å²) in [6.07, 6.45) is -3.08. The minimum Gasteiger partial charge on any atom is -0.465 e. The van der Waals surface area contributed by atoms with E-state index in [0.717, 1.165) is 13.3 Å². The molecule has 0 aliphatic heterocycles. The molecule has 1 amide bonds. The Labute approximate surface area is 209 Å². The lowest BCUT2D eigenvalue weighted by Gasteiger charge is -2.15. The van der Waals surface area contributed by atoms with Crippen LogP contribution in [0.3, 0.4) is 0 Å². The van der Waals surface area contributed by atoms with Crippen molar-refractivity contribution in [2.24, 2.45) is 7.05 Å². The molecule has 198 valence electrons. The Kier molecular flexibility index (Phi) is 7.59. The fraction of sp³-hybridized carbons (Fsp3) is 0.211. The van der Waals surface area contributed by atoms with Crippen molar-refractivity contribution < 1.29 is 40.2 Å². The molecular formula is C19H14ClF4N5O7S. The van der Waals surface area contributed by atoms with Gasteiger partial charge in [0.15, 0.2) is 24.0 Å². The summed E-state index contributed by atoms with van der Waals surface area (Å²) in [6.45, 7) is -0.812. The quantitative estimate of drug-likeness (QED) is 0.417. The normalized spacial score (nSPS) is 11.8. The smallest absolute Gasteiger partial charge is 0.431 e. The third-order valence-corrected chi connectivity index (χ3v) is 5.15. The van der Waals surface area contributed by atoms with Crippen LogP contribution >= 0.6 is 11.6 Å². The highest BCUT2D eigenvalue weighted by Gasteiger charge is 2.35. The van der Waals surface area contributed by atoms with Crippen LogP contribution in [0.4, 0.5) is 17.6 Å². The van der Waals surface area contributed by atoms with Gasteiger partial charge in [0.25, 0.3) is 17.3 Å². The first-order chi connectivity index (χ1) is 17.1. The van der Waals surface area contributed by atoms with E-state index < -0.39 is 68.2 Å². The van der Waals surface area contributed by atoms with E-state index in [1.54, 1.807) is 4.72 Å². The maximum Gasteiger partial charge on any atom is 0.431 e. The number of halogens is 5. The molecule has 18 heteroatoms. The van der Waals surface area contributed by atoms with Crippen LogP contribution in [0.25, 0.3) is 5.82 Å². The van der Waals surface area contributed by atoms with E-state index in [4.69, 9.17) is 21.1 Å². The van der Waals surface area contributed by atoms with Gasteiger partial charge in [-0.25, -0.2) is 27.2 Å². The van der Waals surface area contributed by atoms with Crippen molar-refractivity contribution in [3.8, 4) is 23.3 Å². The Bertz CT molecular complexity index is 1610. The molecule has 37 heavy (non-hydrogen) atoms. The highest BCUT2D eigenvalue weighted by atomic mass is 35.5. The topological polar surface area (TPSA) is 151 Å². The number of carbonyl (C=O) groups is 1. The van der Waals surface area contributed by atoms with Crippen LogP contribution in [0.15, 0.2) is 40.1 Å². The van der Waals surface area contributed by atoms with Crippen molar-refractivity contribution >= 4 is 27.5 Å². The second-order valence-electron chi connectivity index (χ2n) is 7.12. The molecule has 3 aromatic heterocycles. The first-order valence-corrected chi connectivity index (χ1v) is 11.9. The fourth-order valence-corrected chi connectivity index (χ4v) is 3.45. The van der Waals surface area contributed by atoms with Crippen molar-refractivity contribution in [1.82, 2.24) is 23.8 Å². The zero-order valence-electron chi connectivity index (χ0n) is 18.5. The SMILES string of the molecule is Cn1c(C(F)(F)F)cc(=O)n(-c2nc(Oc3cccnc3OCC(=O)NS(C)(=O)=O)c(Cl)cc2F)c1=O. The van der Waals surface area contributed by atoms with E-state index in [9.17, 15) is 40.4 Å². The van der Waals surface area contributed by atoms with Gasteiger partial charge in [-0.2, -0.15) is 18.2 Å². The molecule has 3 rings (SSSR count). The van der Waals surface area contributed by atoms with E-state index in [0.29, 0.717) is 6.07 Å².